The highest BCUT2D eigenvalue weighted by Gasteiger charge is 2.22. The van der Waals surface area contributed by atoms with Crippen molar-refractivity contribution >= 4 is 54.4 Å². The summed E-state index contributed by atoms with van der Waals surface area (Å²) in [6, 6.07) is 77.8. The molecule has 0 aliphatic heterocycles. The zero-order valence-electron chi connectivity index (χ0n) is 32.6. The third-order valence-electron chi connectivity index (χ3n) is 12.0. The molecule has 0 amide bonds. The molecule has 0 aliphatic carbocycles. The first-order valence-corrected chi connectivity index (χ1v) is 20.4. The Labute approximate surface area is 346 Å². The van der Waals surface area contributed by atoms with Gasteiger partial charge in [-0.25, -0.2) is 9.97 Å². The molecular weight excluding hydrogens is 729 g/mol. The van der Waals surface area contributed by atoms with E-state index < -0.39 is 0 Å². The van der Waals surface area contributed by atoms with Gasteiger partial charge >= 0.3 is 0 Å². The maximum absolute atomic E-state index is 5.40. The van der Waals surface area contributed by atoms with Crippen LogP contribution in [0.25, 0.3) is 111 Å². The number of hydrogen-bond donors (Lipinski definition) is 0. The van der Waals surface area contributed by atoms with Crippen molar-refractivity contribution in [1.82, 2.24) is 19.1 Å². The largest absolute Gasteiger partial charge is 0.309 e. The summed E-state index contributed by atoms with van der Waals surface area (Å²) >= 11 is 0. The highest BCUT2D eigenvalue weighted by molar-refractivity contribution is 6.29. The number of fused-ring (bicyclic) bond motifs is 8. The molecule has 0 atom stereocenters. The second-order valence-electron chi connectivity index (χ2n) is 15.3. The number of rotatable bonds is 6. The van der Waals surface area contributed by atoms with Crippen LogP contribution in [0.3, 0.4) is 0 Å². The van der Waals surface area contributed by atoms with Gasteiger partial charge in [0.15, 0.2) is 5.82 Å². The number of para-hydroxylation sites is 3. The van der Waals surface area contributed by atoms with Gasteiger partial charge in [0.05, 0.1) is 39.1 Å². The molecule has 0 spiro atoms. The van der Waals surface area contributed by atoms with Gasteiger partial charge in [-0.2, -0.15) is 0 Å². The average Bonchev–Trinajstić information content (AvgIpc) is 3.85. The molecule has 3 aromatic heterocycles. The second-order valence-corrected chi connectivity index (χ2v) is 15.3. The van der Waals surface area contributed by atoms with Crippen LogP contribution in [0.4, 0.5) is 0 Å². The highest BCUT2D eigenvalue weighted by Crippen LogP contribution is 2.44. The molecule has 0 aliphatic rings. The molecule has 0 saturated heterocycles. The smallest absolute Gasteiger partial charge is 0.161 e. The van der Waals surface area contributed by atoms with E-state index in [4.69, 9.17) is 9.97 Å². The summed E-state index contributed by atoms with van der Waals surface area (Å²) in [5, 5.41) is 7.20. The van der Waals surface area contributed by atoms with Gasteiger partial charge in [-0.1, -0.05) is 170 Å². The molecule has 0 radical (unpaired) electrons. The molecule has 60 heavy (non-hydrogen) atoms. The van der Waals surface area contributed by atoms with Crippen LogP contribution in [0.2, 0.25) is 0 Å². The van der Waals surface area contributed by atoms with E-state index in [1.165, 1.54) is 38.1 Å². The Hall–Kier alpha value is -8.08. The predicted molar refractivity (Wildman–Crippen MR) is 250 cm³/mol. The molecule has 280 valence electrons. The standard InChI is InChI=1S/C56H36N4/c1-4-18-37(19-5-1)40-24-10-11-25-42(40)48-36-47(38-20-6-2-7-21-38)57-56(58-48)44-30-16-29-43-41(44)28-17-33-49(43)60-51-32-15-13-27-46(51)55-53(60)35-34-52-54(55)45-26-12-14-31-50(45)59(52)39-22-8-3-9-23-39/h1-36H. The Kier molecular flexibility index (Phi) is 7.82. The highest BCUT2D eigenvalue weighted by atomic mass is 15.0. The van der Waals surface area contributed by atoms with Crippen molar-refractivity contribution in [3.63, 3.8) is 0 Å². The minimum Gasteiger partial charge on any atom is -0.309 e. The minimum atomic E-state index is 0.689. The van der Waals surface area contributed by atoms with Gasteiger partial charge in [-0.3, -0.25) is 0 Å². The summed E-state index contributed by atoms with van der Waals surface area (Å²) in [5.74, 6) is 0.689. The lowest BCUT2D eigenvalue weighted by Gasteiger charge is -2.15. The lowest BCUT2D eigenvalue weighted by molar-refractivity contribution is 1.18. The maximum atomic E-state index is 5.40. The lowest BCUT2D eigenvalue weighted by atomic mass is 9.96. The van der Waals surface area contributed by atoms with Gasteiger partial charge in [0.2, 0.25) is 0 Å². The molecule has 0 bridgehead atoms. The fraction of sp³-hybridized carbons (Fsp3) is 0. The molecule has 9 aromatic carbocycles. The quantitative estimate of drug-likeness (QED) is 0.169. The molecule has 0 saturated carbocycles. The van der Waals surface area contributed by atoms with Gasteiger partial charge in [-0.15, -0.1) is 0 Å². The lowest BCUT2D eigenvalue weighted by Crippen LogP contribution is -1.99. The van der Waals surface area contributed by atoms with Crippen molar-refractivity contribution in [1.29, 1.82) is 0 Å². The van der Waals surface area contributed by atoms with Crippen LogP contribution >= 0.6 is 0 Å². The first-order valence-electron chi connectivity index (χ1n) is 20.4. The van der Waals surface area contributed by atoms with Crippen LogP contribution in [0.15, 0.2) is 218 Å². The van der Waals surface area contributed by atoms with Gasteiger partial charge in [0.1, 0.15) is 0 Å². The normalized spacial score (nSPS) is 11.7. The van der Waals surface area contributed by atoms with Crippen LogP contribution in [-0.2, 0) is 0 Å². The first kappa shape index (κ1) is 34.0. The fourth-order valence-corrected chi connectivity index (χ4v) is 9.35. The zero-order chi connectivity index (χ0) is 39.6. The fourth-order valence-electron chi connectivity index (χ4n) is 9.35. The van der Waals surface area contributed by atoms with Crippen molar-refractivity contribution in [3.8, 4) is 56.4 Å². The summed E-state index contributed by atoms with van der Waals surface area (Å²) in [7, 11) is 0. The predicted octanol–water partition coefficient (Wildman–Crippen LogP) is 14.5. The van der Waals surface area contributed by atoms with E-state index in [1.807, 2.05) is 6.07 Å². The summed E-state index contributed by atoms with van der Waals surface area (Å²) in [6.07, 6.45) is 0. The van der Waals surface area contributed by atoms with Crippen molar-refractivity contribution < 1.29 is 0 Å². The number of hydrogen-bond acceptors (Lipinski definition) is 2. The van der Waals surface area contributed by atoms with E-state index in [9.17, 15) is 0 Å². The summed E-state index contributed by atoms with van der Waals surface area (Å²) in [4.78, 5) is 10.7. The summed E-state index contributed by atoms with van der Waals surface area (Å²) in [6.45, 7) is 0. The van der Waals surface area contributed by atoms with Crippen LogP contribution in [0, 0.1) is 0 Å². The van der Waals surface area contributed by atoms with Crippen molar-refractivity contribution in [2.75, 3.05) is 0 Å². The van der Waals surface area contributed by atoms with Gasteiger partial charge in [-0.05, 0) is 65.0 Å². The molecule has 0 N–H and O–H groups in total. The Balaban J connectivity index is 1.11. The molecule has 4 heteroatoms. The molecule has 3 heterocycles. The van der Waals surface area contributed by atoms with E-state index in [0.717, 1.165) is 66.9 Å². The topological polar surface area (TPSA) is 35.6 Å². The molecule has 12 aromatic rings. The van der Waals surface area contributed by atoms with E-state index in [0.29, 0.717) is 5.82 Å². The van der Waals surface area contributed by atoms with Crippen LogP contribution in [0.5, 0.6) is 0 Å². The monoisotopic (exact) mass is 764 g/mol. The Morgan fingerprint density at radius 1 is 0.300 bits per heavy atom. The number of aromatic nitrogens is 4. The Bertz CT molecular complexity index is 3580. The Morgan fingerprint density at radius 2 is 0.800 bits per heavy atom. The third-order valence-corrected chi connectivity index (χ3v) is 12.0. The molecular formula is C56H36N4. The third kappa shape index (κ3) is 5.32. The first-order chi connectivity index (χ1) is 29.8. The molecule has 0 unspecified atom stereocenters. The van der Waals surface area contributed by atoms with Gasteiger partial charge < -0.3 is 9.13 Å². The van der Waals surface area contributed by atoms with Crippen molar-refractivity contribution in [2.45, 2.75) is 0 Å². The number of nitrogens with zero attached hydrogens (tertiary/aromatic N) is 4. The number of benzene rings is 9. The summed E-state index contributed by atoms with van der Waals surface area (Å²) < 4.78 is 4.85. The van der Waals surface area contributed by atoms with Gasteiger partial charge in [0, 0.05) is 49.3 Å². The maximum Gasteiger partial charge on any atom is 0.161 e. The van der Waals surface area contributed by atoms with Crippen LogP contribution < -0.4 is 0 Å². The van der Waals surface area contributed by atoms with E-state index in [-0.39, 0.29) is 0 Å². The second kappa shape index (κ2) is 13.8. The molecule has 12 rings (SSSR count). The van der Waals surface area contributed by atoms with E-state index in [2.05, 4.69) is 221 Å². The SMILES string of the molecule is c1ccc(-c2cc(-c3ccccc3-c3ccccc3)nc(-c3cccc4c(-n5c6ccccc6c6c7c8ccccc8n(-c8ccccc8)c7ccc65)cccc34)n2)cc1. The van der Waals surface area contributed by atoms with Crippen molar-refractivity contribution in [2.24, 2.45) is 0 Å². The van der Waals surface area contributed by atoms with Gasteiger partial charge in [0.25, 0.3) is 0 Å². The van der Waals surface area contributed by atoms with E-state index >= 15 is 0 Å². The zero-order valence-corrected chi connectivity index (χ0v) is 32.6. The molecule has 0 fully saturated rings. The Morgan fingerprint density at radius 3 is 1.52 bits per heavy atom. The van der Waals surface area contributed by atoms with Crippen molar-refractivity contribution in [3.05, 3.63) is 218 Å². The summed E-state index contributed by atoms with van der Waals surface area (Å²) in [5.41, 5.74) is 14.1. The van der Waals surface area contributed by atoms with E-state index in [1.54, 1.807) is 0 Å². The minimum absolute atomic E-state index is 0.689. The average molecular weight is 765 g/mol. The molecule has 4 nitrogen and oxygen atoms in total. The van der Waals surface area contributed by atoms with Crippen LogP contribution in [0.1, 0.15) is 0 Å². The van der Waals surface area contributed by atoms with Crippen LogP contribution in [-0.4, -0.2) is 19.1 Å².